The highest BCUT2D eigenvalue weighted by Crippen LogP contribution is 2.22. The molecule has 1 heterocycles. The summed E-state index contributed by atoms with van der Waals surface area (Å²) < 4.78 is 13.3. The molecule has 1 saturated heterocycles. The Balaban J connectivity index is 1.62. The molecule has 24 heavy (non-hydrogen) atoms. The SMILES string of the molecule is Cc1ccccc1NC(=O)N[C@H]1CC(=O)N(c2cccc(F)c2)C1. The van der Waals surface area contributed by atoms with Gasteiger partial charge in [-0.15, -0.1) is 0 Å². The topological polar surface area (TPSA) is 61.4 Å². The van der Waals surface area contributed by atoms with Crippen LogP contribution in [0.3, 0.4) is 0 Å². The van der Waals surface area contributed by atoms with Crippen LogP contribution < -0.4 is 15.5 Å². The number of benzene rings is 2. The van der Waals surface area contributed by atoms with Crippen molar-refractivity contribution in [3.8, 4) is 0 Å². The Morgan fingerprint density at radius 2 is 2.00 bits per heavy atom. The summed E-state index contributed by atoms with van der Waals surface area (Å²) in [5, 5.41) is 5.57. The number of aryl methyl sites for hydroxylation is 1. The molecule has 3 amide bonds. The van der Waals surface area contributed by atoms with E-state index in [2.05, 4.69) is 10.6 Å². The average molecular weight is 327 g/mol. The highest BCUT2D eigenvalue weighted by atomic mass is 19.1. The van der Waals surface area contributed by atoms with Crippen molar-refractivity contribution in [2.75, 3.05) is 16.8 Å². The summed E-state index contributed by atoms with van der Waals surface area (Å²) in [6, 6.07) is 12.7. The standard InChI is InChI=1S/C18H18FN3O2/c1-12-5-2-3-8-16(12)21-18(24)20-14-10-17(23)22(11-14)15-7-4-6-13(19)9-15/h2-9,14H,10-11H2,1H3,(H2,20,21,24)/t14-/m0/s1. The molecule has 0 aliphatic carbocycles. The first-order valence-electron chi connectivity index (χ1n) is 7.72. The van der Waals surface area contributed by atoms with Gasteiger partial charge in [0, 0.05) is 24.3 Å². The van der Waals surface area contributed by atoms with Gasteiger partial charge >= 0.3 is 6.03 Å². The van der Waals surface area contributed by atoms with Crippen molar-refractivity contribution in [2.45, 2.75) is 19.4 Å². The molecule has 1 aliphatic heterocycles. The highest BCUT2D eigenvalue weighted by Gasteiger charge is 2.31. The largest absolute Gasteiger partial charge is 0.333 e. The van der Waals surface area contributed by atoms with Gasteiger partial charge in [-0.05, 0) is 36.8 Å². The molecule has 0 saturated carbocycles. The molecule has 1 fully saturated rings. The van der Waals surface area contributed by atoms with E-state index in [1.54, 1.807) is 12.1 Å². The second-order valence-corrected chi connectivity index (χ2v) is 5.80. The normalized spacial score (nSPS) is 17.0. The lowest BCUT2D eigenvalue weighted by atomic mass is 10.2. The van der Waals surface area contributed by atoms with Crippen LogP contribution in [-0.4, -0.2) is 24.5 Å². The lowest BCUT2D eigenvalue weighted by molar-refractivity contribution is -0.117. The zero-order valence-corrected chi connectivity index (χ0v) is 13.3. The zero-order chi connectivity index (χ0) is 17.1. The Morgan fingerprint density at radius 3 is 2.75 bits per heavy atom. The molecule has 0 spiro atoms. The van der Waals surface area contributed by atoms with Gasteiger partial charge in [0.15, 0.2) is 0 Å². The molecule has 5 nitrogen and oxygen atoms in total. The second kappa shape index (κ2) is 6.70. The van der Waals surface area contributed by atoms with Crippen LogP contribution in [0.5, 0.6) is 0 Å². The van der Waals surface area contributed by atoms with Crippen LogP contribution in [-0.2, 0) is 4.79 Å². The summed E-state index contributed by atoms with van der Waals surface area (Å²) in [5.74, 6) is -0.532. The van der Waals surface area contributed by atoms with Crippen LogP contribution in [0, 0.1) is 12.7 Å². The van der Waals surface area contributed by atoms with Crippen molar-refractivity contribution in [1.82, 2.24) is 5.32 Å². The number of rotatable bonds is 3. The number of hydrogen-bond acceptors (Lipinski definition) is 2. The molecule has 6 heteroatoms. The number of carbonyl (C=O) groups is 2. The van der Waals surface area contributed by atoms with E-state index in [-0.39, 0.29) is 24.4 Å². The molecule has 3 rings (SSSR count). The quantitative estimate of drug-likeness (QED) is 0.910. The van der Waals surface area contributed by atoms with Crippen molar-refractivity contribution in [2.24, 2.45) is 0 Å². The van der Waals surface area contributed by atoms with E-state index in [9.17, 15) is 14.0 Å². The summed E-state index contributed by atoms with van der Waals surface area (Å²) in [7, 11) is 0. The van der Waals surface area contributed by atoms with Gasteiger partial charge in [0.25, 0.3) is 0 Å². The van der Waals surface area contributed by atoms with E-state index >= 15 is 0 Å². The Kier molecular flexibility index (Phi) is 4.46. The van der Waals surface area contributed by atoms with E-state index < -0.39 is 5.82 Å². The molecular formula is C18H18FN3O2. The van der Waals surface area contributed by atoms with E-state index in [1.165, 1.54) is 17.0 Å². The van der Waals surface area contributed by atoms with Crippen molar-refractivity contribution in [3.63, 3.8) is 0 Å². The molecule has 124 valence electrons. The maximum absolute atomic E-state index is 13.3. The first-order chi connectivity index (χ1) is 11.5. The third-order valence-electron chi connectivity index (χ3n) is 3.97. The van der Waals surface area contributed by atoms with Crippen LogP contribution >= 0.6 is 0 Å². The Morgan fingerprint density at radius 1 is 1.21 bits per heavy atom. The average Bonchev–Trinajstić information content (AvgIpc) is 2.90. The minimum absolute atomic E-state index is 0.137. The van der Waals surface area contributed by atoms with E-state index in [0.717, 1.165) is 11.3 Å². The first-order valence-corrected chi connectivity index (χ1v) is 7.72. The molecule has 2 aromatic carbocycles. The van der Waals surface area contributed by atoms with Gasteiger partial charge in [0.05, 0.1) is 6.04 Å². The van der Waals surface area contributed by atoms with E-state index in [1.807, 2.05) is 31.2 Å². The summed E-state index contributed by atoms with van der Waals surface area (Å²) in [5.41, 5.74) is 2.18. The predicted octanol–water partition coefficient (Wildman–Crippen LogP) is 3.06. The molecule has 1 atom stereocenters. The first kappa shape index (κ1) is 16.0. The lowest BCUT2D eigenvalue weighted by Crippen LogP contribution is -2.39. The lowest BCUT2D eigenvalue weighted by Gasteiger charge is -2.17. The fraction of sp³-hybridized carbons (Fsp3) is 0.222. The number of anilines is 2. The second-order valence-electron chi connectivity index (χ2n) is 5.80. The third-order valence-corrected chi connectivity index (χ3v) is 3.97. The van der Waals surface area contributed by atoms with Crippen LogP contribution in [0.1, 0.15) is 12.0 Å². The van der Waals surface area contributed by atoms with Crippen LogP contribution in [0.25, 0.3) is 0 Å². The Labute approximate surface area is 139 Å². The van der Waals surface area contributed by atoms with Crippen molar-refractivity contribution in [3.05, 3.63) is 59.9 Å². The number of nitrogens with zero attached hydrogens (tertiary/aromatic N) is 1. The van der Waals surface area contributed by atoms with Gasteiger partial charge < -0.3 is 15.5 Å². The highest BCUT2D eigenvalue weighted by molar-refractivity contribution is 5.97. The minimum atomic E-state index is -0.394. The Hall–Kier alpha value is -2.89. The van der Waals surface area contributed by atoms with Crippen LogP contribution in [0.2, 0.25) is 0 Å². The maximum atomic E-state index is 13.3. The Bertz CT molecular complexity index is 778. The summed E-state index contributed by atoms with van der Waals surface area (Å²) in [6.07, 6.45) is 0.192. The number of urea groups is 1. The number of carbonyl (C=O) groups excluding carboxylic acids is 2. The molecular weight excluding hydrogens is 309 g/mol. The van der Waals surface area contributed by atoms with Crippen molar-refractivity contribution in [1.29, 1.82) is 0 Å². The summed E-state index contributed by atoms with van der Waals surface area (Å²) in [6.45, 7) is 2.23. The molecule has 2 aromatic rings. The van der Waals surface area contributed by atoms with Gasteiger partial charge in [-0.25, -0.2) is 9.18 Å². The molecule has 0 aromatic heterocycles. The number of halogens is 1. The van der Waals surface area contributed by atoms with Crippen molar-refractivity contribution >= 4 is 23.3 Å². The fourth-order valence-electron chi connectivity index (χ4n) is 2.75. The molecule has 0 bridgehead atoms. The maximum Gasteiger partial charge on any atom is 0.319 e. The van der Waals surface area contributed by atoms with Gasteiger partial charge in [-0.1, -0.05) is 24.3 Å². The van der Waals surface area contributed by atoms with E-state index in [0.29, 0.717) is 12.2 Å². The third kappa shape index (κ3) is 3.53. The predicted molar refractivity (Wildman–Crippen MR) is 90.5 cm³/mol. The summed E-state index contributed by atoms with van der Waals surface area (Å²) >= 11 is 0. The zero-order valence-electron chi connectivity index (χ0n) is 13.3. The molecule has 2 N–H and O–H groups in total. The molecule has 1 aliphatic rings. The minimum Gasteiger partial charge on any atom is -0.333 e. The fourth-order valence-corrected chi connectivity index (χ4v) is 2.75. The van der Waals surface area contributed by atoms with Gasteiger partial charge in [-0.3, -0.25) is 4.79 Å². The molecule has 0 unspecified atom stereocenters. The van der Waals surface area contributed by atoms with Crippen LogP contribution in [0.15, 0.2) is 48.5 Å². The van der Waals surface area contributed by atoms with Gasteiger partial charge in [-0.2, -0.15) is 0 Å². The van der Waals surface area contributed by atoms with E-state index in [4.69, 9.17) is 0 Å². The number of amides is 3. The smallest absolute Gasteiger partial charge is 0.319 e. The van der Waals surface area contributed by atoms with Crippen molar-refractivity contribution < 1.29 is 14.0 Å². The van der Waals surface area contributed by atoms with Gasteiger partial charge in [0.1, 0.15) is 5.82 Å². The van der Waals surface area contributed by atoms with Gasteiger partial charge in [0.2, 0.25) is 5.91 Å². The monoisotopic (exact) mass is 327 g/mol. The number of nitrogens with one attached hydrogen (secondary N) is 2. The number of para-hydroxylation sites is 1. The molecule has 0 radical (unpaired) electrons. The van der Waals surface area contributed by atoms with Crippen LogP contribution in [0.4, 0.5) is 20.6 Å². The number of hydrogen-bond donors (Lipinski definition) is 2. The summed E-state index contributed by atoms with van der Waals surface area (Å²) in [4.78, 5) is 25.7.